The van der Waals surface area contributed by atoms with Crippen LogP contribution in [0.4, 0.5) is 5.69 Å². The Morgan fingerprint density at radius 3 is 2.53 bits per heavy atom. The van der Waals surface area contributed by atoms with Crippen LogP contribution in [-0.2, 0) is 26.1 Å². The molecule has 2 N–H and O–H groups in total. The molecule has 1 saturated carbocycles. The van der Waals surface area contributed by atoms with Crippen LogP contribution < -0.4 is 4.72 Å². The molecule has 206 valence electrons. The summed E-state index contributed by atoms with van der Waals surface area (Å²) in [5, 5.41) is 9.13. The molecular weight excluding hydrogens is 504 g/mol. The summed E-state index contributed by atoms with van der Waals surface area (Å²) in [6, 6.07) is 11.9. The Labute approximate surface area is 225 Å². The predicted octanol–water partition coefficient (Wildman–Crippen LogP) is 5.18. The highest BCUT2D eigenvalue weighted by atomic mass is 32.2. The van der Waals surface area contributed by atoms with Gasteiger partial charge in [0.1, 0.15) is 6.61 Å². The Morgan fingerprint density at radius 1 is 1.18 bits per heavy atom. The van der Waals surface area contributed by atoms with Gasteiger partial charge in [-0.2, -0.15) is 0 Å². The number of ether oxygens (including phenoxy) is 1. The van der Waals surface area contributed by atoms with E-state index in [1.165, 1.54) is 24.6 Å². The van der Waals surface area contributed by atoms with Crippen molar-refractivity contribution in [2.45, 2.75) is 57.6 Å². The molecule has 0 heterocycles. The summed E-state index contributed by atoms with van der Waals surface area (Å²) in [6.45, 7) is 11.1. The number of hydrogen-bond acceptors (Lipinski definition) is 5. The molecule has 0 bridgehead atoms. The van der Waals surface area contributed by atoms with Crippen molar-refractivity contribution in [2.24, 2.45) is 17.8 Å². The molecule has 2 aromatic carbocycles. The predicted molar refractivity (Wildman–Crippen MR) is 147 cm³/mol. The van der Waals surface area contributed by atoms with E-state index in [9.17, 15) is 18.0 Å². The number of anilines is 1. The number of nitrogens with one attached hydrogen (secondary N) is 1. The van der Waals surface area contributed by atoms with Crippen molar-refractivity contribution in [3.05, 3.63) is 72.3 Å². The molecule has 3 atom stereocenters. The Balaban J connectivity index is 1.63. The smallest absolute Gasteiger partial charge is 0.335 e. The van der Waals surface area contributed by atoms with E-state index in [2.05, 4.69) is 32.1 Å². The molecule has 0 aromatic heterocycles. The van der Waals surface area contributed by atoms with Crippen LogP contribution in [0.15, 0.2) is 66.1 Å². The highest BCUT2D eigenvalue weighted by molar-refractivity contribution is 7.92. The number of nitrogens with zero attached hydrogens (tertiary/aromatic N) is 1. The lowest BCUT2D eigenvalue weighted by atomic mass is 9.75. The third-order valence-electron chi connectivity index (χ3n) is 7.06. The Morgan fingerprint density at radius 2 is 1.89 bits per heavy atom. The number of benzene rings is 2. The van der Waals surface area contributed by atoms with E-state index in [4.69, 9.17) is 9.84 Å². The number of amides is 1. The molecule has 9 heteroatoms. The van der Waals surface area contributed by atoms with Gasteiger partial charge in [-0.1, -0.05) is 51.5 Å². The minimum absolute atomic E-state index is 0.0156. The number of sulfonamides is 1. The summed E-state index contributed by atoms with van der Waals surface area (Å²) in [5.41, 5.74) is 1.03. The maximum atomic E-state index is 13.0. The number of hydrogen-bond donors (Lipinski definition) is 2. The molecule has 0 spiro atoms. The topological polar surface area (TPSA) is 113 Å². The first-order valence-corrected chi connectivity index (χ1v) is 14.4. The van der Waals surface area contributed by atoms with Crippen molar-refractivity contribution in [2.75, 3.05) is 17.9 Å². The van der Waals surface area contributed by atoms with Crippen molar-refractivity contribution in [1.82, 2.24) is 4.90 Å². The second-order valence-electron chi connectivity index (χ2n) is 10.4. The van der Waals surface area contributed by atoms with Gasteiger partial charge in [-0.25, -0.2) is 13.2 Å². The zero-order chi connectivity index (χ0) is 27.9. The number of carboxylic acids is 1. The van der Waals surface area contributed by atoms with E-state index < -0.39 is 16.0 Å². The van der Waals surface area contributed by atoms with Crippen molar-refractivity contribution >= 4 is 27.6 Å². The van der Waals surface area contributed by atoms with Crippen LogP contribution >= 0.6 is 0 Å². The van der Waals surface area contributed by atoms with E-state index in [0.29, 0.717) is 36.5 Å². The maximum Gasteiger partial charge on any atom is 0.335 e. The number of aromatic carboxylic acids is 1. The van der Waals surface area contributed by atoms with Crippen LogP contribution in [0.1, 0.15) is 56.0 Å². The molecule has 38 heavy (non-hydrogen) atoms. The SMILES string of the molecule is C=CCN(Cc1ccc(NS(=O)(=O)c2cccc(C(=O)O)c2)cc1)C(=O)COC1CC(C)CCC1C(C)C. The molecule has 3 rings (SSSR count). The van der Waals surface area contributed by atoms with Crippen molar-refractivity contribution < 1.29 is 27.9 Å². The Kier molecular flexibility index (Phi) is 10.1. The standard InChI is InChI=1S/C29H38N2O6S/c1-5-15-31(28(32)19-37-27-16-21(4)9-14-26(27)20(2)3)18-22-10-12-24(13-11-22)30-38(35,36)25-8-6-7-23(17-25)29(33)34/h5-8,10-13,17,20-21,26-27,30H,1,9,14-16,18-19H2,2-4H3,(H,33,34). The molecule has 1 aliphatic rings. The second kappa shape index (κ2) is 13.1. The third-order valence-corrected chi connectivity index (χ3v) is 8.43. The largest absolute Gasteiger partial charge is 0.478 e. The highest BCUT2D eigenvalue weighted by Gasteiger charge is 2.32. The summed E-state index contributed by atoms with van der Waals surface area (Å²) in [7, 11) is -3.97. The van der Waals surface area contributed by atoms with Crippen molar-refractivity contribution in [3.63, 3.8) is 0 Å². The summed E-state index contributed by atoms with van der Waals surface area (Å²) < 4.78 is 34.1. The molecule has 1 amide bonds. The zero-order valence-corrected chi connectivity index (χ0v) is 23.1. The van der Waals surface area contributed by atoms with E-state index in [-0.39, 0.29) is 29.1 Å². The Hall–Kier alpha value is -3.17. The molecule has 0 radical (unpaired) electrons. The van der Waals surface area contributed by atoms with Gasteiger partial charge in [0.2, 0.25) is 5.91 Å². The molecule has 8 nitrogen and oxygen atoms in total. The average Bonchev–Trinajstić information content (AvgIpc) is 2.87. The van der Waals surface area contributed by atoms with E-state index in [1.807, 2.05) is 0 Å². The maximum absolute atomic E-state index is 13.0. The minimum atomic E-state index is -3.97. The first-order chi connectivity index (χ1) is 18.0. The first kappa shape index (κ1) is 29.4. The molecule has 3 unspecified atom stereocenters. The lowest BCUT2D eigenvalue weighted by Gasteiger charge is -2.37. The fourth-order valence-corrected chi connectivity index (χ4v) is 6.00. The number of carbonyl (C=O) groups excluding carboxylic acids is 1. The Bertz CT molecular complexity index is 1230. The third kappa shape index (κ3) is 7.91. The van der Waals surface area contributed by atoms with Gasteiger partial charge in [0.15, 0.2) is 0 Å². The van der Waals surface area contributed by atoms with Crippen LogP contribution in [0.2, 0.25) is 0 Å². The molecule has 0 aliphatic heterocycles. The van der Waals surface area contributed by atoms with Crippen LogP contribution in [0.25, 0.3) is 0 Å². The monoisotopic (exact) mass is 542 g/mol. The van der Waals surface area contributed by atoms with Gasteiger partial charge in [0.25, 0.3) is 10.0 Å². The average molecular weight is 543 g/mol. The quantitative estimate of drug-likeness (QED) is 0.358. The van der Waals surface area contributed by atoms with Gasteiger partial charge in [-0.15, -0.1) is 6.58 Å². The van der Waals surface area contributed by atoms with Crippen LogP contribution in [0.3, 0.4) is 0 Å². The lowest BCUT2D eigenvalue weighted by molar-refractivity contribution is -0.141. The van der Waals surface area contributed by atoms with Gasteiger partial charge < -0.3 is 14.7 Å². The highest BCUT2D eigenvalue weighted by Crippen LogP contribution is 2.35. The summed E-state index contributed by atoms with van der Waals surface area (Å²) >= 11 is 0. The van der Waals surface area contributed by atoms with Crippen LogP contribution in [0, 0.1) is 17.8 Å². The lowest BCUT2D eigenvalue weighted by Crippen LogP contribution is -2.39. The van der Waals surface area contributed by atoms with Gasteiger partial charge in [0, 0.05) is 18.8 Å². The van der Waals surface area contributed by atoms with Crippen molar-refractivity contribution in [1.29, 1.82) is 0 Å². The summed E-state index contributed by atoms with van der Waals surface area (Å²) in [4.78, 5) is 25.7. The normalized spacial score (nSPS) is 19.6. The summed E-state index contributed by atoms with van der Waals surface area (Å²) in [5.74, 6) is 0.224. The van der Waals surface area contributed by atoms with E-state index in [1.54, 1.807) is 35.2 Å². The fourth-order valence-electron chi connectivity index (χ4n) is 4.90. The van der Waals surface area contributed by atoms with Crippen LogP contribution in [-0.4, -0.2) is 49.6 Å². The van der Waals surface area contributed by atoms with Gasteiger partial charge in [-0.05, 0) is 66.5 Å². The number of rotatable bonds is 12. The molecule has 2 aromatic rings. The minimum Gasteiger partial charge on any atom is -0.478 e. The van der Waals surface area contributed by atoms with Gasteiger partial charge in [0.05, 0.1) is 16.6 Å². The number of carbonyl (C=O) groups is 2. The zero-order valence-electron chi connectivity index (χ0n) is 22.3. The first-order valence-electron chi connectivity index (χ1n) is 13.0. The van der Waals surface area contributed by atoms with Crippen LogP contribution in [0.5, 0.6) is 0 Å². The number of carboxylic acid groups (broad SMARTS) is 1. The second-order valence-corrected chi connectivity index (χ2v) is 12.1. The molecular formula is C29H38N2O6S. The summed E-state index contributed by atoms with van der Waals surface area (Å²) in [6.07, 6.45) is 5.03. The van der Waals surface area contributed by atoms with Crippen molar-refractivity contribution in [3.8, 4) is 0 Å². The van der Waals surface area contributed by atoms with E-state index in [0.717, 1.165) is 24.5 Å². The van der Waals surface area contributed by atoms with Gasteiger partial charge >= 0.3 is 5.97 Å². The molecule has 1 aliphatic carbocycles. The van der Waals surface area contributed by atoms with Gasteiger partial charge in [-0.3, -0.25) is 9.52 Å². The fraction of sp³-hybridized carbons (Fsp3) is 0.448. The van der Waals surface area contributed by atoms with E-state index >= 15 is 0 Å². The molecule has 0 saturated heterocycles. The molecule has 1 fully saturated rings.